The van der Waals surface area contributed by atoms with E-state index < -0.39 is 17.6 Å². The minimum atomic E-state index is -4.50. The SMILES string of the molecule is CC(c1ccc(C(F)(F)F)cc1F)C1COC1. The second kappa shape index (κ2) is 4.29. The topological polar surface area (TPSA) is 9.23 Å². The molecule has 1 unspecified atom stereocenters. The van der Waals surface area contributed by atoms with Crippen molar-refractivity contribution in [3.05, 3.63) is 35.1 Å². The maximum atomic E-state index is 13.6. The molecule has 0 aromatic heterocycles. The van der Waals surface area contributed by atoms with Crippen LogP contribution in [0.1, 0.15) is 24.0 Å². The standard InChI is InChI=1S/C12H12F4O/c1-7(8-5-17-6-8)10-3-2-9(4-11(10)13)12(14,15)16/h2-4,7-8H,5-6H2,1H3. The summed E-state index contributed by atoms with van der Waals surface area (Å²) >= 11 is 0. The van der Waals surface area contributed by atoms with Crippen LogP contribution in [-0.4, -0.2) is 13.2 Å². The van der Waals surface area contributed by atoms with Crippen LogP contribution in [-0.2, 0) is 10.9 Å². The second-order valence-electron chi connectivity index (χ2n) is 4.32. The number of hydrogen-bond acceptors (Lipinski definition) is 1. The maximum absolute atomic E-state index is 13.6. The highest BCUT2D eigenvalue weighted by molar-refractivity contribution is 5.29. The highest BCUT2D eigenvalue weighted by Gasteiger charge is 2.33. The third-order valence-electron chi connectivity index (χ3n) is 3.19. The summed E-state index contributed by atoms with van der Waals surface area (Å²) in [6.07, 6.45) is -4.50. The van der Waals surface area contributed by atoms with Gasteiger partial charge in [0, 0.05) is 5.92 Å². The second-order valence-corrected chi connectivity index (χ2v) is 4.32. The first kappa shape index (κ1) is 12.4. The molecule has 1 atom stereocenters. The van der Waals surface area contributed by atoms with E-state index in [4.69, 9.17) is 4.74 Å². The summed E-state index contributed by atoms with van der Waals surface area (Å²) in [5, 5.41) is 0. The van der Waals surface area contributed by atoms with E-state index in [2.05, 4.69) is 0 Å². The van der Waals surface area contributed by atoms with Gasteiger partial charge >= 0.3 is 6.18 Å². The molecule has 0 N–H and O–H groups in total. The Kier molecular flexibility index (Phi) is 3.12. The zero-order chi connectivity index (χ0) is 12.6. The van der Waals surface area contributed by atoms with Crippen molar-refractivity contribution < 1.29 is 22.3 Å². The molecule has 0 spiro atoms. The van der Waals surface area contributed by atoms with E-state index in [1.807, 2.05) is 0 Å². The molecule has 1 fully saturated rings. The molecule has 94 valence electrons. The molecule has 0 bridgehead atoms. The van der Waals surface area contributed by atoms with Crippen molar-refractivity contribution >= 4 is 0 Å². The summed E-state index contributed by atoms with van der Waals surface area (Å²) in [4.78, 5) is 0. The van der Waals surface area contributed by atoms with Crippen LogP contribution in [0.15, 0.2) is 18.2 Å². The van der Waals surface area contributed by atoms with Crippen LogP contribution in [0.5, 0.6) is 0 Å². The first-order chi connectivity index (χ1) is 7.89. The van der Waals surface area contributed by atoms with Crippen molar-refractivity contribution in [2.24, 2.45) is 5.92 Å². The van der Waals surface area contributed by atoms with Crippen LogP contribution in [0.2, 0.25) is 0 Å². The van der Waals surface area contributed by atoms with Crippen LogP contribution in [0.4, 0.5) is 17.6 Å². The van der Waals surface area contributed by atoms with Crippen molar-refractivity contribution in [1.29, 1.82) is 0 Å². The largest absolute Gasteiger partial charge is 0.416 e. The van der Waals surface area contributed by atoms with Gasteiger partial charge in [-0.25, -0.2) is 4.39 Å². The van der Waals surface area contributed by atoms with Gasteiger partial charge in [-0.2, -0.15) is 13.2 Å². The number of rotatable bonds is 2. The first-order valence-corrected chi connectivity index (χ1v) is 5.34. The summed E-state index contributed by atoms with van der Waals surface area (Å²) in [6.45, 7) is 2.89. The Labute approximate surface area is 96.4 Å². The fourth-order valence-electron chi connectivity index (χ4n) is 1.87. The highest BCUT2D eigenvalue weighted by Crippen LogP contribution is 2.35. The number of hydrogen-bond donors (Lipinski definition) is 0. The van der Waals surface area contributed by atoms with Crippen molar-refractivity contribution in [3.8, 4) is 0 Å². The fourth-order valence-corrected chi connectivity index (χ4v) is 1.87. The van der Waals surface area contributed by atoms with E-state index >= 15 is 0 Å². The molecule has 1 aliphatic heterocycles. The summed E-state index contributed by atoms with van der Waals surface area (Å²) in [7, 11) is 0. The lowest BCUT2D eigenvalue weighted by Gasteiger charge is -2.32. The molecular formula is C12H12F4O. The molecule has 0 radical (unpaired) electrons. The third-order valence-corrected chi connectivity index (χ3v) is 3.19. The Morgan fingerprint density at radius 2 is 1.94 bits per heavy atom. The van der Waals surface area contributed by atoms with Crippen molar-refractivity contribution in [2.45, 2.75) is 19.0 Å². The Morgan fingerprint density at radius 1 is 1.29 bits per heavy atom. The maximum Gasteiger partial charge on any atom is 0.416 e. The van der Waals surface area contributed by atoms with E-state index in [9.17, 15) is 17.6 Å². The summed E-state index contributed by atoms with van der Waals surface area (Å²) in [5.41, 5.74) is -0.623. The Balaban J connectivity index is 2.25. The van der Waals surface area contributed by atoms with Crippen molar-refractivity contribution in [2.75, 3.05) is 13.2 Å². The smallest absolute Gasteiger partial charge is 0.381 e. The van der Waals surface area contributed by atoms with Gasteiger partial charge in [0.25, 0.3) is 0 Å². The predicted molar refractivity (Wildman–Crippen MR) is 54.1 cm³/mol. The van der Waals surface area contributed by atoms with E-state index in [-0.39, 0.29) is 11.8 Å². The Morgan fingerprint density at radius 3 is 2.35 bits per heavy atom. The van der Waals surface area contributed by atoms with Gasteiger partial charge in [0.05, 0.1) is 18.8 Å². The van der Waals surface area contributed by atoms with Crippen LogP contribution < -0.4 is 0 Å². The van der Waals surface area contributed by atoms with Gasteiger partial charge < -0.3 is 4.74 Å². The van der Waals surface area contributed by atoms with Gasteiger partial charge in [-0.1, -0.05) is 13.0 Å². The summed E-state index contributed by atoms with van der Waals surface area (Å²) < 4.78 is 55.7. The first-order valence-electron chi connectivity index (χ1n) is 5.34. The molecule has 2 rings (SSSR count). The van der Waals surface area contributed by atoms with E-state index in [1.54, 1.807) is 6.92 Å². The van der Waals surface area contributed by atoms with Gasteiger partial charge in [-0.3, -0.25) is 0 Å². The normalized spacial score (nSPS) is 18.9. The van der Waals surface area contributed by atoms with Gasteiger partial charge in [0.1, 0.15) is 5.82 Å². The van der Waals surface area contributed by atoms with Crippen LogP contribution in [0.3, 0.4) is 0 Å². The molecule has 1 saturated heterocycles. The number of ether oxygens (including phenoxy) is 1. The zero-order valence-electron chi connectivity index (χ0n) is 9.22. The molecule has 1 aliphatic rings. The lowest BCUT2D eigenvalue weighted by Crippen LogP contribution is -2.32. The number of halogens is 4. The molecule has 0 amide bonds. The molecule has 1 nitrogen and oxygen atoms in total. The van der Waals surface area contributed by atoms with Gasteiger partial charge in [-0.05, 0) is 23.6 Å². The Bertz CT molecular complexity index is 409. The molecule has 0 saturated carbocycles. The van der Waals surface area contributed by atoms with E-state index in [0.29, 0.717) is 24.8 Å². The van der Waals surface area contributed by atoms with Crippen molar-refractivity contribution in [1.82, 2.24) is 0 Å². The van der Waals surface area contributed by atoms with Gasteiger partial charge in [0.2, 0.25) is 0 Å². The number of alkyl halides is 3. The minimum absolute atomic E-state index is 0.119. The summed E-state index contributed by atoms with van der Waals surface area (Å²) in [5.74, 6) is -0.716. The van der Waals surface area contributed by atoms with Crippen LogP contribution in [0, 0.1) is 11.7 Å². The van der Waals surface area contributed by atoms with Gasteiger partial charge in [-0.15, -0.1) is 0 Å². The van der Waals surface area contributed by atoms with E-state index in [1.165, 1.54) is 6.07 Å². The van der Waals surface area contributed by atoms with E-state index in [0.717, 1.165) is 6.07 Å². The number of benzene rings is 1. The van der Waals surface area contributed by atoms with Crippen LogP contribution in [0.25, 0.3) is 0 Å². The molecule has 1 aromatic carbocycles. The predicted octanol–water partition coefficient (Wildman–Crippen LogP) is 3.59. The molecule has 1 heterocycles. The average Bonchev–Trinajstić information content (AvgIpc) is 2.12. The molecule has 1 aromatic rings. The highest BCUT2D eigenvalue weighted by atomic mass is 19.4. The molecule has 17 heavy (non-hydrogen) atoms. The summed E-state index contributed by atoms with van der Waals surface area (Å²) in [6, 6.07) is 2.71. The lowest BCUT2D eigenvalue weighted by atomic mass is 9.85. The molecule has 0 aliphatic carbocycles. The lowest BCUT2D eigenvalue weighted by molar-refractivity contribution is -0.137. The Hall–Kier alpha value is -1.10. The van der Waals surface area contributed by atoms with Gasteiger partial charge in [0.15, 0.2) is 0 Å². The van der Waals surface area contributed by atoms with Crippen LogP contribution >= 0.6 is 0 Å². The minimum Gasteiger partial charge on any atom is -0.381 e. The van der Waals surface area contributed by atoms with Crippen molar-refractivity contribution in [3.63, 3.8) is 0 Å². The average molecular weight is 248 g/mol. The monoisotopic (exact) mass is 248 g/mol. The third kappa shape index (κ3) is 2.44. The molecule has 5 heteroatoms. The fraction of sp³-hybridized carbons (Fsp3) is 0.500. The quantitative estimate of drug-likeness (QED) is 0.727. The molecular weight excluding hydrogens is 236 g/mol. The zero-order valence-corrected chi connectivity index (χ0v) is 9.22.